The van der Waals surface area contributed by atoms with Gasteiger partial charge in [-0.1, -0.05) is 224 Å². The Morgan fingerprint density at radius 1 is 0.371 bits per heavy atom. The van der Waals surface area contributed by atoms with Crippen molar-refractivity contribution in [2.45, 2.75) is 30.6 Å². The van der Waals surface area contributed by atoms with Crippen LogP contribution in [0.4, 0.5) is 17.1 Å². The van der Waals surface area contributed by atoms with Gasteiger partial charge in [-0.25, -0.2) is 0 Å². The van der Waals surface area contributed by atoms with E-state index in [2.05, 4.69) is 267 Å². The number of hydrogen-bond acceptors (Lipinski definition) is 1. The number of hydrogen-bond donors (Lipinski definition) is 0. The molecular formula is C69H49N. The molecule has 10 aromatic rings. The molecule has 1 spiro atoms. The van der Waals surface area contributed by atoms with Crippen LogP contribution in [0.25, 0.3) is 50.1 Å². The minimum Gasteiger partial charge on any atom is -0.310 e. The molecule has 0 amide bonds. The molecule has 0 radical (unpaired) electrons. The Balaban J connectivity index is 1.03. The zero-order valence-electron chi connectivity index (χ0n) is 39.1. The average molecular weight is 892 g/mol. The van der Waals surface area contributed by atoms with Gasteiger partial charge in [-0.3, -0.25) is 0 Å². The Morgan fingerprint density at radius 2 is 0.900 bits per heavy atom. The second-order valence-electron chi connectivity index (χ2n) is 19.4. The smallest absolute Gasteiger partial charge is 0.0725 e. The molecule has 14 rings (SSSR count). The highest BCUT2D eigenvalue weighted by atomic mass is 15.1. The summed E-state index contributed by atoms with van der Waals surface area (Å²) in [5.41, 5.74) is 27.2. The van der Waals surface area contributed by atoms with E-state index in [1.54, 1.807) is 0 Å². The van der Waals surface area contributed by atoms with Crippen molar-refractivity contribution in [2.75, 3.05) is 4.90 Å². The number of allylic oxidation sites excluding steroid dienone is 4. The third kappa shape index (κ3) is 5.67. The van der Waals surface area contributed by atoms with Gasteiger partial charge < -0.3 is 4.90 Å². The van der Waals surface area contributed by atoms with Gasteiger partial charge in [-0.2, -0.15) is 0 Å². The Hall–Kier alpha value is -8.52. The van der Waals surface area contributed by atoms with E-state index < -0.39 is 10.8 Å². The summed E-state index contributed by atoms with van der Waals surface area (Å²) in [6.07, 6.45) is 6.79. The zero-order valence-corrected chi connectivity index (χ0v) is 39.1. The lowest BCUT2D eigenvalue weighted by atomic mass is 9.65. The van der Waals surface area contributed by atoms with Crippen LogP contribution in [0.3, 0.4) is 0 Å². The van der Waals surface area contributed by atoms with E-state index in [1.165, 1.54) is 106 Å². The van der Waals surface area contributed by atoms with E-state index in [0.717, 1.165) is 29.9 Å². The summed E-state index contributed by atoms with van der Waals surface area (Å²) in [6.45, 7) is 2.24. The van der Waals surface area contributed by atoms with Gasteiger partial charge in [0.15, 0.2) is 0 Å². The summed E-state index contributed by atoms with van der Waals surface area (Å²) in [5, 5.41) is 0. The molecule has 70 heavy (non-hydrogen) atoms. The fourth-order valence-electron chi connectivity index (χ4n) is 13.2. The first-order valence-electron chi connectivity index (χ1n) is 24.8. The molecule has 0 unspecified atom stereocenters. The largest absolute Gasteiger partial charge is 0.310 e. The molecule has 0 aliphatic heterocycles. The summed E-state index contributed by atoms with van der Waals surface area (Å²) in [7, 11) is 0. The second kappa shape index (κ2) is 15.8. The molecule has 1 nitrogen and oxygen atoms in total. The molecule has 0 fully saturated rings. The van der Waals surface area contributed by atoms with E-state index in [9.17, 15) is 0 Å². The lowest BCUT2D eigenvalue weighted by molar-refractivity contribution is 0.696. The van der Waals surface area contributed by atoms with Crippen molar-refractivity contribution in [3.8, 4) is 44.5 Å². The van der Waals surface area contributed by atoms with Crippen LogP contribution in [0.2, 0.25) is 0 Å². The van der Waals surface area contributed by atoms with Gasteiger partial charge in [-0.05, 0) is 150 Å². The third-order valence-corrected chi connectivity index (χ3v) is 15.9. The predicted molar refractivity (Wildman–Crippen MR) is 291 cm³/mol. The van der Waals surface area contributed by atoms with Crippen molar-refractivity contribution < 1.29 is 0 Å². The van der Waals surface area contributed by atoms with Crippen LogP contribution < -0.4 is 4.90 Å². The Labute approximate surface area is 411 Å². The topological polar surface area (TPSA) is 3.24 Å². The van der Waals surface area contributed by atoms with Gasteiger partial charge in [-0.15, -0.1) is 0 Å². The summed E-state index contributed by atoms with van der Waals surface area (Å²) in [6, 6.07) is 91.4. The SMILES string of the molecule is Cc1ccc(-c2cccc3c2-c2ccccc2C32c3ccccc3-c3ccccc32)c(N(c2ccc(-c3ccccc3)cc2)c2ccc3c(c2)C(c2ccccc2)(c2ccccc2)C2=C3C=CCC2)c1. The average Bonchev–Trinajstić information content (AvgIpc) is 4.02. The highest BCUT2D eigenvalue weighted by molar-refractivity contribution is 6.03. The molecule has 330 valence electrons. The molecule has 0 atom stereocenters. The van der Waals surface area contributed by atoms with Gasteiger partial charge in [0.05, 0.1) is 16.5 Å². The zero-order chi connectivity index (χ0) is 46.4. The van der Waals surface area contributed by atoms with Crippen LogP contribution in [0.15, 0.2) is 260 Å². The monoisotopic (exact) mass is 891 g/mol. The van der Waals surface area contributed by atoms with Crippen molar-refractivity contribution in [1.29, 1.82) is 0 Å². The maximum Gasteiger partial charge on any atom is 0.0725 e. The van der Waals surface area contributed by atoms with Crippen molar-refractivity contribution >= 4 is 22.6 Å². The highest BCUT2D eigenvalue weighted by Gasteiger charge is 2.52. The maximum absolute atomic E-state index is 2.54. The lowest BCUT2D eigenvalue weighted by Crippen LogP contribution is -2.30. The number of nitrogens with zero attached hydrogens (tertiary/aromatic N) is 1. The normalized spacial score (nSPS) is 14.9. The first-order chi connectivity index (χ1) is 34.7. The predicted octanol–water partition coefficient (Wildman–Crippen LogP) is 17.6. The Bertz CT molecular complexity index is 3680. The van der Waals surface area contributed by atoms with Gasteiger partial charge in [0.1, 0.15) is 0 Å². The lowest BCUT2D eigenvalue weighted by Gasteiger charge is -2.37. The molecule has 0 heterocycles. The molecule has 10 aromatic carbocycles. The Kier molecular flexibility index (Phi) is 9.13. The quantitative estimate of drug-likeness (QED) is 0.154. The standard InChI is InChI=1S/C69H49N/c1-46-36-42-57(58-30-19-35-64-67(58)59-29-14-18-34-63(59)69(64)61-32-16-12-26-53(61)54-27-13-17-33-62(54)69)66(44-46)70(51-39-37-48(38-40-51)47-20-5-2-6-21-47)52-41-43-56-55-28-11-15-31-60(55)68(65(56)45-52,49-22-7-3-8-23-49)50-24-9-4-10-25-50/h2-14,16-30,32-45H,15,31H2,1H3. The van der Waals surface area contributed by atoms with Gasteiger partial charge >= 0.3 is 0 Å². The van der Waals surface area contributed by atoms with Crippen molar-refractivity contribution in [3.05, 3.63) is 310 Å². The summed E-state index contributed by atoms with van der Waals surface area (Å²) >= 11 is 0. The van der Waals surface area contributed by atoms with Gasteiger partial charge in [0, 0.05) is 16.9 Å². The molecule has 0 saturated heterocycles. The molecule has 4 aliphatic carbocycles. The van der Waals surface area contributed by atoms with Crippen molar-refractivity contribution in [3.63, 3.8) is 0 Å². The number of fused-ring (bicyclic) bond motifs is 12. The first kappa shape index (κ1) is 40.5. The van der Waals surface area contributed by atoms with Crippen LogP contribution in [-0.4, -0.2) is 0 Å². The molecule has 0 N–H and O–H groups in total. The first-order valence-corrected chi connectivity index (χ1v) is 24.8. The number of anilines is 3. The van der Waals surface area contributed by atoms with Gasteiger partial charge in [0.2, 0.25) is 0 Å². The summed E-state index contributed by atoms with van der Waals surface area (Å²) in [4.78, 5) is 2.54. The molecule has 0 aromatic heterocycles. The third-order valence-electron chi connectivity index (χ3n) is 15.9. The van der Waals surface area contributed by atoms with Crippen LogP contribution >= 0.6 is 0 Å². The summed E-state index contributed by atoms with van der Waals surface area (Å²) in [5.74, 6) is 0. The van der Waals surface area contributed by atoms with Gasteiger partial charge in [0.25, 0.3) is 0 Å². The molecule has 0 bridgehead atoms. The minimum atomic E-state index is -0.460. The fraction of sp³-hybridized carbons (Fsp3) is 0.0725. The van der Waals surface area contributed by atoms with Crippen LogP contribution in [0.5, 0.6) is 0 Å². The van der Waals surface area contributed by atoms with E-state index in [-0.39, 0.29) is 0 Å². The van der Waals surface area contributed by atoms with Crippen LogP contribution in [0, 0.1) is 6.92 Å². The van der Waals surface area contributed by atoms with Crippen LogP contribution in [0.1, 0.15) is 62.9 Å². The molecule has 1 heteroatoms. The van der Waals surface area contributed by atoms with E-state index in [4.69, 9.17) is 0 Å². The molecule has 4 aliphatic rings. The van der Waals surface area contributed by atoms with Crippen molar-refractivity contribution in [1.82, 2.24) is 0 Å². The molecular weight excluding hydrogens is 843 g/mol. The van der Waals surface area contributed by atoms with Crippen molar-refractivity contribution in [2.24, 2.45) is 0 Å². The molecule has 0 saturated carbocycles. The van der Waals surface area contributed by atoms with E-state index in [1.807, 2.05) is 0 Å². The Morgan fingerprint density at radius 3 is 1.57 bits per heavy atom. The van der Waals surface area contributed by atoms with E-state index >= 15 is 0 Å². The minimum absolute atomic E-state index is 0.439. The number of benzene rings is 10. The number of rotatable bonds is 7. The number of aryl methyl sites for hydroxylation is 1. The fourth-order valence-corrected chi connectivity index (χ4v) is 13.2. The second-order valence-corrected chi connectivity index (χ2v) is 19.4. The summed E-state index contributed by atoms with van der Waals surface area (Å²) < 4.78 is 0. The van der Waals surface area contributed by atoms with E-state index in [0.29, 0.717) is 0 Å². The highest BCUT2D eigenvalue weighted by Crippen LogP contribution is 2.65. The maximum atomic E-state index is 2.54. The van der Waals surface area contributed by atoms with Crippen LogP contribution in [-0.2, 0) is 10.8 Å².